The smallest absolute Gasteiger partial charge is 0.329 e. The van der Waals surface area contributed by atoms with Crippen molar-refractivity contribution < 1.29 is 19.5 Å². The van der Waals surface area contributed by atoms with Gasteiger partial charge in [-0.1, -0.05) is 26.8 Å². The van der Waals surface area contributed by atoms with Gasteiger partial charge in [0.1, 0.15) is 5.75 Å². The van der Waals surface area contributed by atoms with Gasteiger partial charge in [0.05, 0.1) is 6.16 Å². The maximum Gasteiger partial charge on any atom is 0.329 e. The number of aromatic hydroxyl groups is 1. The molecule has 1 aliphatic rings. The van der Waals surface area contributed by atoms with Gasteiger partial charge < -0.3 is 14.9 Å². The van der Waals surface area contributed by atoms with E-state index >= 15 is 0 Å². The Bertz CT molecular complexity index is 566. The molecule has 2 rings (SSSR count). The van der Waals surface area contributed by atoms with Crippen molar-refractivity contribution in [1.29, 1.82) is 0 Å². The Morgan fingerprint density at radius 1 is 1.15 bits per heavy atom. The van der Waals surface area contributed by atoms with Crippen LogP contribution in [0, 0.1) is 0 Å². The molecule has 4 nitrogen and oxygen atoms in total. The van der Waals surface area contributed by atoms with Gasteiger partial charge in [0.25, 0.3) is 0 Å². The van der Waals surface area contributed by atoms with Crippen molar-refractivity contribution >= 4 is 7.60 Å². The molecule has 0 saturated carbocycles. The SMILES string of the molecule is CC(C)(C)c1cc(CP(=O)(O)O)c2c(c1O)CCCC2. The summed E-state index contributed by atoms with van der Waals surface area (Å²) in [5.41, 5.74) is 3.08. The van der Waals surface area contributed by atoms with E-state index in [1.54, 1.807) is 6.07 Å². The number of benzene rings is 1. The number of rotatable bonds is 2. The standard InChI is InChI=1S/C15H23O4P/c1-15(2,3)13-8-10(9-20(17,18)19)11-6-4-5-7-12(11)14(13)16/h8,16H,4-7,9H2,1-3H3,(H2,17,18,19). The van der Waals surface area contributed by atoms with Crippen molar-refractivity contribution in [2.75, 3.05) is 0 Å². The first-order valence-corrected chi connectivity index (χ1v) is 8.81. The molecule has 1 aliphatic carbocycles. The van der Waals surface area contributed by atoms with E-state index in [4.69, 9.17) is 0 Å². The van der Waals surface area contributed by atoms with E-state index in [0.29, 0.717) is 11.3 Å². The third-order valence-corrected chi connectivity index (χ3v) is 4.65. The zero-order chi connectivity index (χ0) is 15.1. The fourth-order valence-electron chi connectivity index (χ4n) is 2.95. The summed E-state index contributed by atoms with van der Waals surface area (Å²) in [6, 6.07) is 1.79. The second-order valence-corrected chi connectivity index (χ2v) is 8.31. The summed E-state index contributed by atoms with van der Waals surface area (Å²) in [6.45, 7) is 6.00. The maximum atomic E-state index is 11.4. The van der Waals surface area contributed by atoms with E-state index in [1.165, 1.54) is 0 Å². The highest BCUT2D eigenvalue weighted by molar-refractivity contribution is 7.50. The monoisotopic (exact) mass is 298 g/mol. The van der Waals surface area contributed by atoms with Gasteiger partial charge in [-0.05, 0) is 53.4 Å². The van der Waals surface area contributed by atoms with Crippen molar-refractivity contribution in [2.45, 2.75) is 58.0 Å². The molecule has 0 heterocycles. The Morgan fingerprint density at radius 2 is 1.70 bits per heavy atom. The number of phenols is 1. The summed E-state index contributed by atoms with van der Waals surface area (Å²) < 4.78 is 11.4. The summed E-state index contributed by atoms with van der Waals surface area (Å²) >= 11 is 0. The van der Waals surface area contributed by atoms with Crippen LogP contribution in [0.3, 0.4) is 0 Å². The van der Waals surface area contributed by atoms with Crippen LogP contribution in [0.5, 0.6) is 5.75 Å². The van der Waals surface area contributed by atoms with Crippen LogP contribution >= 0.6 is 7.60 Å². The number of phenolic OH excluding ortho intramolecular Hbond substituents is 1. The molecule has 0 aromatic heterocycles. The largest absolute Gasteiger partial charge is 0.507 e. The van der Waals surface area contributed by atoms with Gasteiger partial charge in [0.2, 0.25) is 0 Å². The molecule has 3 N–H and O–H groups in total. The van der Waals surface area contributed by atoms with Gasteiger partial charge in [0.15, 0.2) is 0 Å². The molecule has 5 heteroatoms. The van der Waals surface area contributed by atoms with Crippen LogP contribution in [0.2, 0.25) is 0 Å². The number of hydrogen-bond donors (Lipinski definition) is 3. The van der Waals surface area contributed by atoms with Crippen LogP contribution in [-0.2, 0) is 29.0 Å². The molecule has 0 bridgehead atoms. The van der Waals surface area contributed by atoms with Crippen LogP contribution in [0.15, 0.2) is 6.07 Å². The molecule has 0 amide bonds. The summed E-state index contributed by atoms with van der Waals surface area (Å²) in [7, 11) is -4.10. The Hall–Kier alpha value is -0.830. The summed E-state index contributed by atoms with van der Waals surface area (Å²) in [5, 5.41) is 10.5. The lowest BCUT2D eigenvalue weighted by atomic mass is 9.79. The Labute approximate surface area is 120 Å². The lowest BCUT2D eigenvalue weighted by molar-refractivity contribution is 0.371. The van der Waals surface area contributed by atoms with Gasteiger partial charge in [0, 0.05) is 0 Å². The van der Waals surface area contributed by atoms with Crippen molar-refractivity contribution in [3.05, 3.63) is 28.3 Å². The molecule has 0 unspecified atom stereocenters. The predicted octanol–water partition coefficient (Wildman–Crippen LogP) is 3.25. The highest BCUT2D eigenvalue weighted by atomic mass is 31.2. The summed E-state index contributed by atoms with van der Waals surface area (Å²) in [4.78, 5) is 18.6. The van der Waals surface area contributed by atoms with E-state index in [1.807, 2.05) is 20.8 Å². The molecule has 1 aromatic carbocycles. The fourth-order valence-corrected chi connectivity index (χ4v) is 3.67. The van der Waals surface area contributed by atoms with Crippen LogP contribution < -0.4 is 0 Å². The van der Waals surface area contributed by atoms with E-state index in [2.05, 4.69) is 0 Å². The zero-order valence-electron chi connectivity index (χ0n) is 12.3. The van der Waals surface area contributed by atoms with Gasteiger partial charge in [-0.15, -0.1) is 0 Å². The molecule has 0 aliphatic heterocycles. The number of fused-ring (bicyclic) bond motifs is 1. The topological polar surface area (TPSA) is 77.8 Å². The molecule has 0 atom stereocenters. The minimum atomic E-state index is -4.10. The summed E-state index contributed by atoms with van der Waals surface area (Å²) in [6.07, 6.45) is 3.37. The molecular weight excluding hydrogens is 275 g/mol. The molecule has 0 fully saturated rings. The molecule has 20 heavy (non-hydrogen) atoms. The Balaban J connectivity index is 2.64. The average Bonchev–Trinajstić information content (AvgIpc) is 2.30. The second kappa shape index (κ2) is 5.18. The molecular formula is C15H23O4P. The van der Waals surface area contributed by atoms with Gasteiger partial charge in [-0.3, -0.25) is 4.57 Å². The second-order valence-electron chi connectivity index (χ2n) is 6.67. The fraction of sp³-hybridized carbons (Fsp3) is 0.600. The molecule has 0 saturated heterocycles. The van der Waals surface area contributed by atoms with E-state index < -0.39 is 7.60 Å². The molecule has 0 spiro atoms. The van der Waals surface area contributed by atoms with E-state index in [-0.39, 0.29) is 11.6 Å². The molecule has 112 valence electrons. The van der Waals surface area contributed by atoms with Crippen LogP contribution in [0.25, 0.3) is 0 Å². The molecule has 0 radical (unpaired) electrons. The minimum Gasteiger partial charge on any atom is -0.507 e. The third kappa shape index (κ3) is 3.25. The van der Waals surface area contributed by atoms with Gasteiger partial charge >= 0.3 is 7.60 Å². The van der Waals surface area contributed by atoms with Crippen LogP contribution in [0.1, 0.15) is 55.9 Å². The lowest BCUT2D eigenvalue weighted by Crippen LogP contribution is -2.16. The quantitative estimate of drug-likeness (QED) is 0.732. The summed E-state index contributed by atoms with van der Waals surface area (Å²) in [5.74, 6) is 0.321. The predicted molar refractivity (Wildman–Crippen MR) is 79.2 cm³/mol. The van der Waals surface area contributed by atoms with Crippen LogP contribution in [0.4, 0.5) is 0 Å². The lowest BCUT2D eigenvalue weighted by Gasteiger charge is -2.28. The first-order valence-electron chi connectivity index (χ1n) is 7.01. The maximum absolute atomic E-state index is 11.4. The normalized spacial score (nSPS) is 16.1. The average molecular weight is 298 g/mol. The zero-order valence-corrected chi connectivity index (χ0v) is 13.2. The first kappa shape index (κ1) is 15.6. The third-order valence-electron chi connectivity index (χ3n) is 3.90. The van der Waals surface area contributed by atoms with E-state index in [0.717, 1.165) is 42.4 Å². The highest BCUT2D eigenvalue weighted by Crippen LogP contribution is 2.45. The van der Waals surface area contributed by atoms with Crippen molar-refractivity contribution in [2.24, 2.45) is 0 Å². The van der Waals surface area contributed by atoms with Gasteiger partial charge in [-0.25, -0.2) is 0 Å². The van der Waals surface area contributed by atoms with Gasteiger partial charge in [-0.2, -0.15) is 0 Å². The van der Waals surface area contributed by atoms with E-state index in [9.17, 15) is 19.5 Å². The Kier molecular flexibility index (Phi) is 4.03. The first-order chi connectivity index (χ1) is 9.09. The Morgan fingerprint density at radius 3 is 2.20 bits per heavy atom. The van der Waals surface area contributed by atoms with Crippen molar-refractivity contribution in [3.63, 3.8) is 0 Å². The van der Waals surface area contributed by atoms with Crippen molar-refractivity contribution in [1.82, 2.24) is 0 Å². The van der Waals surface area contributed by atoms with Crippen LogP contribution in [-0.4, -0.2) is 14.9 Å². The molecule has 1 aromatic rings. The minimum absolute atomic E-state index is 0.237. The number of hydrogen-bond acceptors (Lipinski definition) is 2. The highest BCUT2D eigenvalue weighted by Gasteiger charge is 2.28. The van der Waals surface area contributed by atoms with Crippen molar-refractivity contribution in [3.8, 4) is 5.75 Å².